The molecule has 2 amide bonds. The summed E-state index contributed by atoms with van der Waals surface area (Å²) < 4.78 is 5.77. The Bertz CT molecular complexity index is 889. The summed E-state index contributed by atoms with van der Waals surface area (Å²) in [4.78, 5) is 27.0. The van der Waals surface area contributed by atoms with Gasteiger partial charge in [0.25, 0.3) is 0 Å². The summed E-state index contributed by atoms with van der Waals surface area (Å²) in [5, 5.41) is 0.646. The Hall–Kier alpha value is -2.59. The minimum atomic E-state index is -0.178. The van der Waals surface area contributed by atoms with E-state index < -0.39 is 0 Å². The van der Waals surface area contributed by atoms with Crippen LogP contribution in [0.4, 0.5) is 5.69 Å². The summed E-state index contributed by atoms with van der Waals surface area (Å²) in [5.74, 6) is 1.26. The van der Waals surface area contributed by atoms with Gasteiger partial charge < -0.3 is 4.74 Å². The van der Waals surface area contributed by atoms with Crippen LogP contribution in [0.25, 0.3) is 0 Å². The van der Waals surface area contributed by atoms with Crippen molar-refractivity contribution in [3.8, 4) is 11.5 Å². The number of anilines is 1. The van der Waals surface area contributed by atoms with E-state index >= 15 is 0 Å². The van der Waals surface area contributed by atoms with Gasteiger partial charge in [-0.25, -0.2) is 0 Å². The maximum Gasteiger partial charge on any atom is 0.238 e. The largest absolute Gasteiger partial charge is 0.457 e. The van der Waals surface area contributed by atoms with Gasteiger partial charge in [0.1, 0.15) is 11.5 Å². The number of halogens is 1. The van der Waals surface area contributed by atoms with Crippen LogP contribution in [0.5, 0.6) is 11.5 Å². The molecule has 0 N–H and O–H groups in total. The van der Waals surface area contributed by atoms with E-state index in [1.807, 2.05) is 0 Å². The fourth-order valence-electron chi connectivity index (χ4n) is 4.46. The van der Waals surface area contributed by atoms with Gasteiger partial charge in [0.05, 0.1) is 17.5 Å². The Balaban J connectivity index is 1.37. The van der Waals surface area contributed by atoms with Gasteiger partial charge in [0.2, 0.25) is 11.8 Å². The van der Waals surface area contributed by atoms with Gasteiger partial charge in [0.15, 0.2) is 0 Å². The molecule has 5 rings (SSSR count). The molecule has 0 spiro atoms. The number of carbonyl (C=O) groups is 2. The Morgan fingerprint density at radius 3 is 1.85 bits per heavy atom. The Morgan fingerprint density at radius 1 is 0.808 bits per heavy atom. The number of benzene rings is 2. The van der Waals surface area contributed by atoms with Crippen molar-refractivity contribution in [2.45, 2.75) is 6.42 Å². The monoisotopic (exact) mass is 365 g/mol. The molecule has 26 heavy (non-hydrogen) atoms. The van der Waals surface area contributed by atoms with E-state index in [9.17, 15) is 9.59 Å². The number of ether oxygens (including phenoxy) is 1. The van der Waals surface area contributed by atoms with Gasteiger partial charge in [-0.1, -0.05) is 23.8 Å². The molecular formula is C21H16ClNO3. The standard InChI is InChI=1S/C21H16ClNO3/c22-14-3-7-16(8-4-14)26-17-9-5-15(6-10-17)23-20(24)18-12-1-2-13(11-12)19(18)21(23)25/h1-10,12-13,18-19H,11H2/t12-,13+,18-,19-/m0/s1. The number of amides is 2. The van der Waals surface area contributed by atoms with Crippen LogP contribution in [-0.4, -0.2) is 11.8 Å². The summed E-state index contributed by atoms with van der Waals surface area (Å²) in [6, 6.07) is 14.1. The van der Waals surface area contributed by atoms with E-state index in [0.29, 0.717) is 22.2 Å². The molecule has 4 atom stereocenters. The molecular weight excluding hydrogens is 350 g/mol. The zero-order chi connectivity index (χ0) is 17.8. The molecule has 1 aliphatic heterocycles. The average molecular weight is 366 g/mol. The second-order valence-corrected chi connectivity index (χ2v) is 7.50. The second-order valence-electron chi connectivity index (χ2n) is 7.06. The minimum Gasteiger partial charge on any atom is -0.457 e. The molecule has 1 heterocycles. The third kappa shape index (κ3) is 2.29. The molecule has 0 radical (unpaired) electrons. The lowest BCUT2D eigenvalue weighted by atomic mass is 9.85. The number of imide groups is 1. The van der Waals surface area contributed by atoms with Crippen molar-refractivity contribution < 1.29 is 14.3 Å². The van der Waals surface area contributed by atoms with Crippen molar-refractivity contribution >= 4 is 29.1 Å². The van der Waals surface area contributed by atoms with Crippen LogP contribution in [0.15, 0.2) is 60.7 Å². The molecule has 1 saturated carbocycles. The van der Waals surface area contributed by atoms with Crippen molar-refractivity contribution in [2.75, 3.05) is 4.90 Å². The number of hydrogen-bond acceptors (Lipinski definition) is 3. The Labute approximate surface area is 156 Å². The third-order valence-corrected chi connectivity index (χ3v) is 5.87. The van der Waals surface area contributed by atoms with Crippen LogP contribution in [0.1, 0.15) is 6.42 Å². The van der Waals surface area contributed by atoms with Gasteiger partial charge in [-0.15, -0.1) is 0 Å². The number of nitrogens with zero attached hydrogens (tertiary/aromatic N) is 1. The lowest BCUT2D eigenvalue weighted by molar-refractivity contribution is -0.123. The topological polar surface area (TPSA) is 46.6 Å². The van der Waals surface area contributed by atoms with E-state index in [4.69, 9.17) is 16.3 Å². The highest BCUT2D eigenvalue weighted by atomic mass is 35.5. The van der Waals surface area contributed by atoms with Gasteiger partial charge in [-0.3, -0.25) is 14.5 Å². The second kappa shape index (κ2) is 5.71. The van der Waals surface area contributed by atoms with Crippen molar-refractivity contribution in [3.63, 3.8) is 0 Å². The summed E-state index contributed by atoms with van der Waals surface area (Å²) in [7, 11) is 0. The van der Waals surface area contributed by atoms with E-state index in [0.717, 1.165) is 6.42 Å². The first kappa shape index (κ1) is 15.6. The van der Waals surface area contributed by atoms with Crippen LogP contribution < -0.4 is 9.64 Å². The van der Waals surface area contributed by atoms with Gasteiger partial charge >= 0.3 is 0 Å². The molecule has 2 aromatic carbocycles. The summed E-state index contributed by atoms with van der Waals surface area (Å²) in [5.41, 5.74) is 0.609. The first-order valence-corrected chi connectivity index (χ1v) is 9.09. The third-order valence-electron chi connectivity index (χ3n) is 5.61. The summed E-state index contributed by atoms with van der Waals surface area (Å²) in [6.07, 6.45) is 5.14. The molecule has 2 aromatic rings. The van der Waals surface area contributed by atoms with E-state index in [1.54, 1.807) is 48.5 Å². The van der Waals surface area contributed by atoms with Crippen molar-refractivity contribution in [2.24, 2.45) is 23.7 Å². The van der Waals surface area contributed by atoms with Gasteiger partial charge in [0, 0.05) is 5.02 Å². The normalized spacial score (nSPS) is 28.7. The Kier molecular flexibility index (Phi) is 3.44. The highest BCUT2D eigenvalue weighted by Crippen LogP contribution is 2.53. The predicted molar refractivity (Wildman–Crippen MR) is 98.2 cm³/mol. The maximum atomic E-state index is 12.8. The molecule has 3 aliphatic rings. The zero-order valence-electron chi connectivity index (χ0n) is 13.8. The van der Waals surface area contributed by atoms with Crippen LogP contribution in [0.3, 0.4) is 0 Å². The molecule has 2 fully saturated rings. The number of rotatable bonds is 3. The van der Waals surface area contributed by atoms with Crippen molar-refractivity contribution in [1.82, 2.24) is 0 Å². The molecule has 0 unspecified atom stereocenters. The van der Waals surface area contributed by atoms with Crippen LogP contribution in [-0.2, 0) is 9.59 Å². The lowest BCUT2D eigenvalue weighted by Gasteiger charge is -2.17. The first-order valence-electron chi connectivity index (χ1n) is 8.71. The zero-order valence-corrected chi connectivity index (χ0v) is 14.6. The number of hydrogen-bond donors (Lipinski definition) is 0. The molecule has 5 heteroatoms. The van der Waals surface area contributed by atoms with Crippen LogP contribution >= 0.6 is 11.6 Å². The van der Waals surface area contributed by atoms with Crippen molar-refractivity contribution in [3.05, 3.63) is 65.7 Å². The smallest absolute Gasteiger partial charge is 0.238 e. The number of fused-ring (bicyclic) bond motifs is 5. The lowest BCUT2D eigenvalue weighted by Crippen LogP contribution is -2.32. The molecule has 1 saturated heterocycles. The van der Waals surface area contributed by atoms with Crippen molar-refractivity contribution in [1.29, 1.82) is 0 Å². The highest BCUT2D eigenvalue weighted by Gasteiger charge is 2.59. The maximum absolute atomic E-state index is 12.8. The average Bonchev–Trinajstić information content (AvgIpc) is 3.32. The number of allylic oxidation sites excluding steroid dienone is 2. The predicted octanol–water partition coefficient (Wildman–Crippen LogP) is 4.44. The van der Waals surface area contributed by atoms with E-state index in [-0.39, 0.29) is 35.5 Å². The van der Waals surface area contributed by atoms with E-state index in [2.05, 4.69) is 12.2 Å². The minimum absolute atomic E-state index is 0.0665. The summed E-state index contributed by atoms with van der Waals surface area (Å²) in [6.45, 7) is 0. The SMILES string of the molecule is O=C1[C@@H]2[C@@H](C(=O)N1c1ccc(Oc3ccc(Cl)cc3)cc1)[C@H]1C=C[C@@H]2C1. The quantitative estimate of drug-likeness (QED) is 0.596. The summed E-state index contributed by atoms with van der Waals surface area (Å²) >= 11 is 5.87. The molecule has 4 nitrogen and oxygen atoms in total. The highest BCUT2D eigenvalue weighted by molar-refractivity contribution is 6.30. The number of carbonyl (C=O) groups excluding carboxylic acids is 2. The molecule has 2 aliphatic carbocycles. The van der Waals surface area contributed by atoms with Gasteiger partial charge in [-0.2, -0.15) is 0 Å². The van der Waals surface area contributed by atoms with Gasteiger partial charge in [-0.05, 0) is 66.8 Å². The van der Waals surface area contributed by atoms with Crippen LogP contribution in [0.2, 0.25) is 5.02 Å². The fourth-order valence-corrected chi connectivity index (χ4v) is 4.58. The first-order chi connectivity index (χ1) is 12.6. The molecule has 2 bridgehead atoms. The van der Waals surface area contributed by atoms with Crippen LogP contribution in [0, 0.1) is 23.7 Å². The van der Waals surface area contributed by atoms with E-state index in [1.165, 1.54) is 4.90 Å². The molecule has 130 valence electrons. The fraction of sp³-hybridized carbons (Fsp3) is 0.238. The molecule has 0 aromatic heterocycles. The Morgan fingerprint density at radius 2 is 1.31 bits per heavy atom.